The average molecular weight is 268 g/mol. The topological polar surface area (TPSA) is 69.6 Å². The molecule has 1 saturated heterocycles. The summed E-state index contributed by atoms with van der Waals surface area (Å²) in [6.45, 7) is 3.26. The van der Waals surface area contributed by atoms with Crippen molar-refractivity contribution in [3.63, 3.8) is 0 Å². The summed E-state index contributed by atoms with van der Waals surface area (Å²) in [4.78, 5) is 24.6. The van der Waals surface area contributed by atoms with Gasteiger partial charge in [0, 0.05) is 19.1 Å². The third kappa shape index (κ3) is 2.70. The van der Waals surface area contributed by atoms with Gasteiger partial charge in [-0.15, -0.1) is 0 Å². The molecule has 1 aromatic rings. The summed E-state index contributed by atoms with van der Waals surface area (Å²) < 4.78 is 0. The molecule has 0 radical (unpaired) electrons. The summed E-state index contributed by atoms with van der Waals surface area (Å²) in [5, 5.41) is 15.7. The molecule has 2 N–H and O–H groups in total. The Kier molecular flexibility index (Phi) is 3.98. The van der Waals surface area contributed by atoms with E-state index in [0.29, 0.717) is 13.1 Å². The second-order valence-electron chi connectivity index (χ2n) is 4.38. The number of carbonyl (C=O) groups is 2. The molecule has 1 aliphatic heterocycles. The Morgan fingerprint density at radius 3 is 3.11 bits per heavy atom. The van der Waals surface area contributed by atoms with Crippen molar-refractivity contribution in [3.8, 4) is 0 Å². The maximum atomic E-state index is 11.8. The van der Waals surface area contributed by atoms with Crippen LogP contribution in [-0.4, -0.2) is 41.0 Å². The van der Waals surface area contributed by atoms with Gasteiger partial charge in [0.2, 0.25) is 5.91 Å². The zero-order valence-corrected chi connectivity index (χ0v) is 10.9. The normalized spacial score (nSPS) is 22.5. The van der Waals surface area contributed by atoms with Crippen LogP contribution in [0.1, 0.15) is 24.9 Å². The highest BCUT2D eigenvalue weighted by Gasteiger charge is 2.34. The van der Waals surface area contributed by atoms with E-state index in [4.69, 9.17) is 5.11 Å². The van der Waals surface area contributed by atoms with Gasteiger partial charge >= 0.3 is 5.97 Å². The monoisotopic (exact) mass is 268 g/mol. The molecule has 1 fully saturated rings. The number of carboxylic acids is 1. The maximum absolute atomic E-state index is 11.8. The first-order valence-electron chi connectivity index (χ1n) is 5.87. The largest absolute Gasteiger partial charge is 0.481 e. The zero-order chi connectivity index (χ0) is 13.1. The van der Waals surface area contributed by atoms with Crippen LogP contribution >= 0.6 is 11.3 Å². The van der Waals surface area contributed by atoms with Gasteiger partial charge in [-0.2, -0.15) is 11.3 Å². The molecule has 1 amide bonds. The summed E-state index contributed by atoms with van der Waals surface area (Å²) in [7, 11) is 0. The van der Waals surface area contributed by atoms with Crippen molar-refractivity contribution in [1.82, 2.24) is 10.2 Å². The molecule has 2 heterocycles. The van der Waals surface area contributed by atoms with Crippen LogP contribution in [-0.2, 0) is 9.59 Å². The molecule has 2 rings (SSSR count). The lowest BCUT2D eigenvalue weighted by molar-refractivity contribution is -0.143. The molecule has 0 spiro atoms. The van der Waals surface area contributed by atoms with Gasteiger partial charge in [-0.1, -0.05) is 0 Å². The second-order valence-corrected chi connectivity index (χ2v) is 5.16. The van der Waals surface area contributed by atoms with Crippen molar-refractivity contribution in [2.24, 2.45) is 0 Å². The van der Waals surface area contributed by atoms with E-state index in [0.717, 1.165) is 5.56 Å². The highest BCUT2D eigenvalue weighted by Crippen LogP contribution is 2.26. The standard InChI is InChI=1S/C12H16N2O3S/c1-8(9-2-5-18-7-9)14-4-3-13-12(17)10(14)6-11(15)16/h2,5,7-8,10H,3-4,6H2,1H3,(H,13,17)(H,15,16). The van der Waals surface area contributed by atoms with E-state index in [1.165, 1.54) is 0 Å². The Morgan fingerprint density at radius 2 is 2.50 bits per heavy atom. The van der Waals surface area contributed by atoms with Crippen LogP contribution in [0.5, 0.6) is 0 Å². The Morgan fingerprint density at radius 1 is 1.72 bits per heavy atom. The van der Waals surface area contributed by atoms with Gasteiger partial charge in [0.15, 0.2) is 0 Å². The van der Waals surface area contributed by atoms with Crippen molar-refractivity contribution in [1.29, 1.82) is 0 Å². The quantitative estimate of drug-likeness (QED) is 0.857. The van der Waals surface area contributed by atoms with Crippen LogP contribution in [0.15, 0.2) is 16.8 Å². The minimum Gasteiger partial charge on any atom is -0.481 e. The van der Waals surface area contributed by atoms with Crippen LogP contribution in [0.4, 0.5) is 0 Å². The molecule has 1 aromatic heterocycles. The van der Waals surface area contributed by atoms with E-state index in [-0.39, 0.29) is 18.4 Å². The number of aliphatic carboxylic acids is 1. The van der Waals surface area contributed by atoms with Gasteiger partial charge in [0.05, 0.1) is 6.42 Å². The number of piperazine rings is 1. The van der Waals surface area contributed by atoms with Crippen LogP contribution in [0.25, 0.3) is 0 Å². The van der Waals surface area contributed by atoms with E-state index in [2.05, 4.69) is 5.32 Å². The molecule has 98 valence electrons. The van der Waals surface area contributed by atoms with E-state index >= 15 is 0 Å². The van der Waals surface area contributed by atoms with Gasteiger partial charge in [-0.25, -0.2) is 0 Å². The smallest absolute Gasteiger partial charge is 0.305 e. The molecule has 1 aliphatic rings. The maximum Gasteiger partial charge on any atom is 0.305 e. The minimum atomic E-state index is -0.945. The Labute approximate surface area is 109 Å². The van der Waals surface area contributed by atoms with Crippen LogP contribution in [0.2, 0.25) is 0 Å². The molecule has 18 heavy (non-hydrogen) atoms. The fraction of sp³-hybridized carbons (Fsp3) is 0.500. The lowest BCUT2D eigenvalue weighted by Crippen LogP contribution is -2.56. The van der Waals surface area contributed by atoms with E-state index in [1.807, 2.05) is 28.7 Å². The molecule has 2 atom stereocenters. The number of nitrogens with zero attached hydrogens (tertiary/aromatic N) is 1. The Balaban J connectivity index is 2.17. The highest BCUT2D eigenvalue weighted by molar-refractivity contribution is 7.07. The van der Waals surface area contributed by atoms with E-state index in [9.17, 15) is 9.59 Å². The predicted octanol–water partition coefficient (Wildman–Crippen LogP) is 1.08. The first-order chi connectivity index (χ1) is 8.59. The number of thiophene rings is 1. The summed E-state index contributed by atoms with van der Waals surface area (Å²) in [5.74, 6) is -1.13. The Bertz CT molecular complexity index is 433. The molecule has 2 unspecified atom stereocenters. The molecule has 0 aliphatic carbocycles. The lowest BCUT2D eigenvalue weighted by atomic mass is 10.0. The fourth-order valence-electron chi connectivity index (χ4n) is 2.28. The number of rotatable bonds is 4. The van der Waals surface area contributed by atoms with Crippen molar-refractivity contribution in [2.45, 2.75) is 25.4 Å². The summed E-state index contributed by atoms with van der Waals surface area (Å²) >= 11 is 1.60. The van der Waals surface area contributed by atoms with Gasteiger partial charge in [0.1, 0.15) is 6.04 Å². The first kappa shape index (κ1) is 13.0. The predicted molar refractivity (Wildman–Crippen MR) is 68.5 cm³/mol. The van der Waals surface area contributed by atoms with Crippen LogP contribution in [0, 0.1) is 0 Å². The van der Waals surface area contributed by atoms with Gasteiger partial charge in [0.25, 0.3) is 0 Å². The summed E-state index contributed by atoms with van der Waals surface area (Å²) in [5.41, 5.74) is 1.13. The third-order valence-electron chi connectivity index (χ3n) is 3.26. The molecular formula is C12H16N2O3S. The van der Waals surface area contributed by atoms with E-state index < -0.39 is 12.0 Å². The molecule has 0 bridgehead atoms. The number of carboxylic acid groups (broad SMARTS) is 1. The molecule has 0 saturated carbocycles. The summed E-state index contributed by atoms with van der Waals surface area (Å²) in [6.07, 6.45) is -0.152. The molecule has 0 aromatic carbocycles. The highest BCUT2D eigenvalue weighted by atomic mass is 32.1. The zero-order valence-electron chi connectivity index (χ0n) is 10.1. The first-order valence-corrected chi connectivity index (χ1v) is 6.81. The van der Waals surface area contributed by atoms with Crippen molar-refractivity contribution in [3.05, 3.63) is 22.4 Å². The molecule has 6 heteroatoms. The molecular weight excluding hydrogens is 252 g/mol. The average Bonchev–Trinajstić information content (AvgIpc) is 2.84. The fourth-order valence-corrected chi connectivity index (χ4v) is 3.02. The summed E-state index contributed by atoms with van der Waals surface area (Å²) in [6, 6.07) is 1.50. The number of hydrogen-bond acceptors (Lipinski definition) is 4. The number of amides is 1. The van der Waals surface area contributed by atoms with E-state index in [1.54, 1.807) is 11.3 Å². The van der Waals surface area contributed by atoms with Crippen molar-refractivity contribution < 1.29 is 14.7 Å². The van der Waals surface area contributed by atoms with Crippen molar-refractivity contribution >= 4 is 23.2 Å². The SMILES string of the molecule is CC(c1ccsc1)N1CCNC(=O)C1CC(=O)O. The number of nitrogens with one attached hydrogen (secondary N) is 1. The molecule has 5 nitrogen and oxygen atoms in total. The van der Waals surface area contributed by atoms with Crippen molar-refractivity contribution in [2.75, 3.05) is 13.1 Å². The van der Waals surface area contributed by atoms with Gasteiger partial charge in [-0.05, 0) is 29.3 Å². The third-order valence-corrected chi connectivity index (χ3v) is 3.96. The number of carbonyl (C=O) groups excluding carboxylic acids is 1. The number of hydrogen-bond donors (Lipinski definition) is 2. The van der Waals surface area contributed by atoms with Crippen LogP contribution in [0.3, 0.4) is 0 Å². The van der Waals surface area contributed by atoms with Crippen LogP contribution < -0.4 is 5.32 Å². The lowest BCUT2D eigenvalue weighted by Gasteiger charge is -2.38. The second kappa shape index (κ2) is 5.49. The minimum absolute atomic E-state index is 0.0617. The van der Waals surface area contributed by atoms with Gasteiger partial charge < -0.3 is 10.4 Å². The van der Waals surface area contributed by atoms with Gasteiger partial charge in [-0.3, -0.25) is 14.5 Å². The Hall–Kier alpha value is -1.40.